The van der Waals surface area contributed by atoms with Crippen molar-refractivity contribution in [3.63, 3.8) is 0 Å². The van der Waals surface area contributed by atoms with Gasteiger partial charge < -0.3 is 5.32 Å². The molecule has 1 fully saturated rings. The van der Waals surface area contributed by atoms with Gasteiger partial charge in [0.05, 0.1) is 5.69 Å². The van der Waals surface area contributed by atoms with Crippen molar-refractivity contribution in [3.8, 4) is 0 Å². The molecule has 1 atom stereocenters. The van der Waals surface area contributed by atoms with Crippen molar-refractivity contribution < 1.29 is 9.59 Å². The largest absolute Gasteiger partial charge is 0.335 e. The number of carbonyl (C=O) groups is 2. The molecule has 2 heterocycles. The first-order valence-electron chi connectivity index (χ1n) is 8.38. The van der Waals surface area contributed by atoms with Gasteiger partial charge in [0.2, 0.25) is 0 Å². The first-order chi connectivity index (χ1) is 11.0. The highest BCUT2D eigenvalue weighted by Crippen LogP contribution is 2.35. The van der Waals surface area contributed by atoms with Gasteiger partial charge in [0.1, 0.15) is 6.04 Å². The van der Waals surface area contributed by atoms with E-state index in [1.807, 2.05) is 19.9 Å². The fourth-order valence-corrected chi connectivity index (χ4v) is 3.49. The highest BCUT2D eigenvalue weighted by Gasteiger charge is 2.41. The second-order valence-corrected chi connectivity index (χ2v) is 6.62. The van der Waals surface area contributed by atoms with Gasteiger partial charge in [-0.2, -0.15) is 0 Å². The van der Waals surface area contributed by atoms with E-state index in [1.165, 1.54) is 0 Å². The van der Waals surface area contributed by atoms with E-state index in [0.29, 0.717) is 11.5 Å². The Morgan fingerprint density at radius 2 is 2.04 bits per heavy atom. The summed E-state index contributed by atoms with van der Waals surface area (Å²) in [4.78, 5) is 33.1. The average molecular weight is 316 g/mol. The summed E-state index contributed by atoms with van der Waals surface area (Å²) in [6.07, 6.45) is 5.99. The van der Waals surface area contributed by atoms with Crippen LogP contribution in [-0.4, -0.2) is 35.0 Å². The van der Waals surface area contributed by atoms with E-state index in [0.717, 1.165) is 25.7 Å². The van der Waals surface area contributed by atoms with E-state index in [9.17, 15) is 9.59 Å². The lowest BCUT2D eigenvalue weighted by Crippen LogP contribution is -2.59. The minimum absolute atomic E-state index is 0.00126. The van der Waals surface area contributed by atoms with E-state index in [-0.39, 0.29) is 24.0 Å². The molecule has 0 aromatic carbocycles. The smallest absolute Gasteiger partial charge is 0.322 e. The zero-order valence-corrected chi connectivity index (χ0v) is 14.0. The Morgan fingerprint density at radius 3 is 2.70 bits per heavy atom. The first-order valence-corrected chi connectivity index (χ1v) is 8.38. The standard InChI is InChI=1S/C17H24N4O2/c1-11(2)20-15-14(9-6-10-18-15)21(12(3)16(20)22)17(23)19-13-7-4-5-8-13/h6,9-13H,4-5,7-8H2,1-3H3,(H,19,23)/t12-/m0/s1. The lowest BCUT2D eigenvalue weighted by atomic mass is 10.1. The molecule has 1 aliphatic carbocycles. The molecule has 124 valence electrons. The van der Waals surface area contributed by atoms with Crippen molar-refractivity contribution in [2.24, 2.45) is 0 Å². The quantitative estimate of drug-likeness (QED) is 0.912. The van der Waals surface area contributed by atoms with Crippen molar-refractivity contribution in [2.45, 2.75) is 64.6 Å². The zero-order chi connectivity index (χ0) is 16.6. The maximum absolute atomic E-state index is 12.8. The van der Waals surface area contributed by atoms with Crippen molar-refractivity contribution in [1.82, 2.24) is 10.3 Å². The monoisotopic (exact) mass is 316 g/mol. The number of urea groups is 1. The molecule has 1 aliphatic heterocycles. The van der Waals surface area contributed by atoms with Crippen LogP contribution in [-0.2, 0) is 4.79 Å². The van der Waals surface area contributed by atoms with E-state index < -0.39 is 6.04 Å². The maximum atomic E-state index is 12.8. The number of aromatic nitrogens is 1. The molecule has 1 saturated carbocycles. The lowest BCUT2D eigenvalue weighted by molar-refractivity contribution is -0.120. The Balaban J connectivity index is 1.94. The van der Waals surface area contributed by atoms with Crippen LogP contribution in [0.15, 0.2) is 18.3 Å². The number of anilines is 2. The number of hydrogen-bond acceptors (Lipinski definition) is 3. The average Bonchev–Trinajstić information content (AvgIpc) is 3.01. The third-order valence-corrected chi connectivity index (χ3v) is 4.65. The normalized spacial score (nSPS) is 21.7. The number of hydrogen-bond donors (Lipinski definition) is 1. The van der Waals surface area contributed by atoms with Crippen LogP contribution in [0, 0.1) is 0 Å². The van der Waals surface area contributed by atoms with Crippen LogP contribution in [0.3, 0.4) is 0 Å². The van der Waals surface area contributed by atoms with E-state index in [4.69, 9.17) is 0 Å². The van der Waals surface area contributed by atoms with E-state index >= 15 is 0 Å². The van der Waals surface area contributed by atoms with Gasteiger partial charge in [0, 0.05) is 18.3 Å². The summed E-state index contributed by atoms with van der Waals surface area (Å²) in [5, 5.41) is 3.07. The second kappa shape index (κ2) is 6.18. The molecule has 0 saturated heterocycles. The van der Waals surface area contributed by atoms with Crippen LogP contribution in [0.2, 0.25) is 0 Å². The number of rotatable bonds is 2. The summed E-state index contributed by atoms with van der Waals surface area (Å²) >= 11 is 0. The predicted molar refractivity (Wildman–Crippen MR) is 89.6 cm³/mol. The highest BCUT2D eigenvalue weighted by atomic mass is 16.2. The molecule has 3 rings (SSSR count). The van der Waals surface area contributed by atoms with Crippen molar-refractivity contribution >= 4 is 23.4 Å². The number of nitrogens with one attached hydrogen (secondary N) is 1. The molecule has 1 aromatic rings. The molecule has 2 aliphatic rings. The number of amides is 3. The number of fused-ring (bicyclic) bond motifs is 1. The van der Waals surface area contributed by atoms with Gasteiger partial charge in [-0.3, -0.25) is 14.6 Å². The molecule has 0 bridgehead atoms. The van der Waals surface area contributed by atoms with E-state index in [1.54, 1.807) is 29.0 Å². The third-order valence-electron chi connectivity index (χ3n) is 4.65. The number of pyridine rings is 1. The van der Waals surface area contributed by atoms with Crippen molar-refractivity contribution in [2.75, 3.05) is 9.80 Å². The topological polar surface area (TPSA) is 65.5 Å². The van der Waals surface area contributed by atoms with Gasteiger partial charge >= 0.3 is 6.03 Å². The van der Waals surface area contributed by atoms with Crippen LogP contribution in [0.1, 0.15) is 46.5 Å². The molecule has 0 spiro atoms. The lowest BCUT2D eigenvalue weighted by Gasteiger charge is -2.41. The molecule has 3 amide bonds. The molecule has 0 unspecified atom stereocenters. The molecule has 6 heteroatoms. The van der Waals surface area contributed by atoms with Crippen LogP contribution in [0.4, 0.5) is 16.3 Å². The van der Waals surface area contributed by atoms with Gasteiger partial charge in [-0.25, -0.2) is 9.78 Å². The number of carbonyl (C=O) groups excluding carboxylic acids is 2. The fourth-order valence-electron chi connectivity index (χ4n) is 3.49. The van der Waals surface area contributed by atoms with Crippen LogP contribution in [0.25, 0.3) is 0 Å². The van der Waals surface area contributed by atoms with Crippen molar-refractivity contribution in [3.05, 3.63) is 18.3 Å². The molecule has 6 nitrogen and oxygen atoms in total. The molecular formula is C17H24N4O2. The van der Waals surface area contributed by atoms with Crippen molar-refractivity contribution in [1.29, 1.82) is 0 Å². The summed E-state index contributed by atoms with van der Waals surface area (Å²) in [6.45, 7) is 5.69. The van der Waals surface area contributed by atoms with Gasteiger partial charge in [-0.15, -0.1) is 0 Å². The minimum atomic E-state index is -0.532. The summed E-state index contributed by atoms with van der Waals surface area (Å²) in [5.74, 6) is 0.472. The Labute approximate surface area is 136 Å². The van der Waals surface area contributed by atoms with Gasteiger partial charge in [-0.1, -0.05) is 12.8 Å². The Bertz CT molecular complexity index is 610. The van der Waals surface area contributed by atoms with Crippen LogP contribution in [0.5, 0.6) is 0 Å². The van der Waals surface area contributed by atoms with Crippen LogP contribution < -0.4 is 15.1 Å². The van der Waals surface area contributed by atoms with E-state index in [2.05, 4.69) is 10.3 Å². The minimum Gasteiger partial charge on any atom is -0.335 e. The first kappa shape index (κ1) is 15.8. The molecule has 0 radical (unpaired) electrons. The molecule has 23 heavy (non-hydrogen) atoms. The summed E-state index contributed by atoms with van der Waals surface area (Å²) in [7, 11) is 0. The molecular weight excluding hydrogens is 292 g/mol. The third kappa shape index (κ3) is 2.78. The predicted octanol–water partition coefficient (Wildman–Crippen LogP) is 2.68. The maximum Gasteiger partial charge on any atom is 0.322 e. The summed E-state index contributed by atoms with van der Waals surface area (Å²) < 4.78 is 0. The Kier molecular flexibility index (Phi) is 4.24. The highest BCUT2D eigenvalue weighted by molar-refractivity contribution is 6.11. The Hall–Kier alpha value is -2.11. The van der Waals surface area contributed by atoms with Crippen LogP contribution >= 0.6 is 0 Å². The molecule has 1 aromatic heterocycles. The Morgan fingerprint density at radius 1 is 1.35 bits per heavy atom. The summed E-state index contributed by atoms with van der Waals surface area (Å²) in [6, 6.07) is 3.14. The fraction of sp³-hybridized carbons (Fsp3) is 0.588. The summed E-state index contributed by atoms with van der Waals surface area (Å²) in [5.41, 5.74) is 0.698. The van der Waals surface area contributed by atoms with Gasteiger partial charge in [0.25, 0.3) is 5.91 Å². The molecule has 1 N–H and O–H groups in total. The number of nitrogens with zero attached hydrogens (tertiary/aromatic N) is 3. The van der Waals surface area contributed by atoms with Gasteiger partial charge in [0.15, 0.2) is 5.82 Å². The SMILES string of the molecule is CC(C)N1C(=O)[C@H](C)N(C(=O)NC2CCCC2)c2cccnc21. The van der Waals surface area contributed by atoms with Gasteiger partial charge in [-0.05, 0) is 45.7 Å². The second-order valence-electron chi connectivity index (χ2n) is 6.62. The zero-order valence-electron chi connectivity index (χ0n) is 14.0.